The summed E-state index contributed by atoms with van der Waals surface area (Å²) < 4.78 is 11.5. The number of hydrogen-bond acceptors (Lipinski definition) is 3. The van der Waals surface area contributed by atoms with Gasteiger partial charge in [-0.1, -0.05) is 30.3 Å². The largest absolute Gasteiger partial charge is 0.492 e. The summed E-state index contributed by atoms with van der Waals surface area (Å²) in [5.74, 6) is 0. The van der Waals surface area contributed by atoms with Crippen molar-refractivity contribution in [2.24, 2.45) is 0 Å². The number of benzene rings is 1. The highest BCUT2D eigenvalue weighted by Gasteiger charge is 2.41. The standard InChI is InChI=1S/C12H17O2PS/c1-2-13-15(16)12(9-6-10-14-15)11-7-4-3-5-8-11/h3-5,7-8,12H,2,6,9-10H2,1H3/t12-,15?/m0/s1. The molecule has 0 aromatic heterocycles. The van der Waals surface area contributed by atoms with Crippen LogP contribution in [-0.2, 0) is 21.3 Å². The smallest absolute Gasteiger partial charge is 0.167 e. The molecule has 1 heterocycles. The molecule has 16 heavy (non-hydrogen) atoms. The highest BCUT2D eigenvalue weighted by Crippen LogP contribution is 2.73. The van der Waals surface area contributed by atoms with Crippen LogP contribution < -0.4 is 0 Å². The van der Waals surface area contributed by atoms with Crippen molar-refractivity contribution in [3.8, 4) is 0 Å². The predicted molar refractivity (Wildman–Crippen MR) is 70.3 cm³/mol. The second kappa shape index (κ2) is 5.50. The van der Waals surface area contributed by atoms with Gasteiger partial charge in [-0.15, -0.1) is 0 Å². The van der Waals surface area contributed by atoms with Crippen LogP contribution in [0.5, 0.6) is 0 Å². The molecule has 4 heteroatoms. The Kier molecular flexibility index (Phi) is 4.26. The van der Waals surface area contributed by atoms with Gasteiger partial charge in [-0.25, -0.2) is 9.05 Å². The molecular formula is C12H17O2PS. The summed E-state index contributed by atoms with van der Waals surface area (Å²) in [5.41, 5.74) is 1.54. The maximum Gasteiger partial charge on any atom is 0.167 e. The molecule has 1 aromatic carbocycles. The Labute approximate surface area is 103 Å². The van der Waals surface area contributed by atoms with Crippen LogP contribution in [0, 0.1) is 0 Å². The van der Waals surface area contributed by atoms with E-state index in [1.165, 1.54) is 5.56 Å². The molecule has 0 saturated carbocycles. The molecule has 0 radical (unpaired) electrons. The van der Waals surface area contributed by atoms with Crippen LogP contribution in [0.4, 0.5) is 0 Å². The highest BCUT2D eigenvalue weighted by atomic mass is 32.7. The lowest BCUT2D eigenvalue weighted by Gasteiger charge is -2.39. The van der Waals surface area contributed by atoms with Crippen LogP contribution in [0.3, 0.4) is 0 Å². The maximum absolute atomic E-state index is 5.78. The zero-order valence-electron chi connectivity index (χ0n) is 9.46. The monoisotopic (exact) mass is 256 g/mol. The summed E-state index contributed by atoms with van der Waals surface area (Å²) in [6.07, 6.45) is 2.16. The van der Waals surface area contributed by atoms with Gasteiger partial charge in [0.1, 0.15) is 5.66 Å². The lowest BCUT2D eigenvalue weighted by atomic mass is 10.1. The van der Waals surface area contributed by atoms with Crippen molar-refractivity contribution in [3.63, 3.8) is 0 Å². The molecule has 0 amide bonds. The molecule has 0 spiro atoms. The summed E-state index contributed by atoms with van der Waals surface area (Å²) in [6, 6.07) is 10.4. The van der Waals surface area contributed by atoms with Crippen molar-refractivity contribution in [2.45, 2.75) is 25.4 Å². The first-order valence-corrected chi connectivity index (χ1v) is 8.41. The van der Waals surface area contributed by atoms with Gasteiger partial charge in [0.15, 0.2) is 6.92 Å². The van der Waals surface area contributed by atoms with Gasteiger partial charge in [0.2, 0.25) is 0 Å². The quantitative estimate of drug-likeness (QED) is 0.604. The van der Waals surface area contributed by atoms with Crippen LogP contribution in [0.25, 0.3) is 0 Å². The Morgan fingerprint density at radius 1 is 1.44 bits per heavy atom. The summed E-state index contributed by atoms with van der Waals surface area (Å²) >= 11 is 5.62. The third kappa shape index (κ3) is 2.60. The van der Waals surface area contributed by atoms with Gasteiger partial charge < -0.3 is 12.2 Å². The molecule has 88 valence electrons. The Hall–Kier alpha value is -0.0800. The molecule has 0 bridgehead atoms. The summed E-state index contributed by atoms with van der Waals surface area (Å²) in [4.78, 5) is 0. The SMILES string of the molecule is CCO[P+]1([S-])OCCC[C@H]1c1ccccc1. The topological polar surface area (TPSA) is 18.5 Å². The van der Waals surface area contributed by atoms with E-state index in [-0.39, 0.29) is 5.66 Å². The number of rotatable bonds is 3. The van der Waals surface area contributed by atoms with Crippen molar-refractivity contribution in [2.75, 3.05) is 13.2 Å². The zero-order valence-corrected chi connectivity index (χ0v) is 11.2. The van der Waals surface area contributed by atoms with E-state index in [9.17, 15) is 0 Å². The van der Waals surface area contributed by atoms with E-state index in [2.05, 4.69) is 24.3 Å². The van der Waals surface area contributed by atoms with Gasteiger partial charge in [0, 0.05) is 0 Å². The molecule has 1 aromatic rings. The predicted octanol–water partition coefficient (Wildman–Crippen LogP) is 3.88. The number of hydrogen-bond donors (Lipinski definition) is 0. The molecule has 1 aliphatic rings. The second-order valence-electron chi connectivity index (χ2n) is 3.86. The van der Waals surface area contributed by atoms with E-state index < -0.39 is 6.92 Å². The lowest BCUT2D eigenvalue weighted by molar-refractivity contribution is 0.220. The lowest BCUT2D eigenvalue weighted by Crippen LogP contribution is -2.16. The molecule has 0 aliphatic carbocycles. The second-order valence-corrected chi connectivity index (χ2v) is 7.61. The fourth-order valence-electron chi connectivity index (χ4n) is 2.05. The maximum atomic E-state index is 5.78. The molecule has 1 unspecified atom stereocenters. The van der Waals surface area contributed by atoms with Gasteiger partial charge in [0.25, 0.3) is 0 Å². The fourth-order valence-corrected chi connectivity index (χ4v) is 5.48. The molecule has 0 N–H and O–H groups in total. The Morgan fingerprint density at radius 2 is 2.19 bits per heavy atom. The average molecular weight is 256 g/mol. The fraction of sp³-hybridized carbons (Fsp3) is 0.500. The summed E-state index contributed by atoms with van der Waals surface area (Å²) in [6.45, 7) is 1.26. The van der Waals surface area contributed by atoms with E-state index in [1.807, 2.05) is 13.0 Å². The Bertz CT molecular complexity index is 329. The van der Waals surface area contributed by atoms with E-state index in [1.54, 1.807) is 0 Å². The average Bonchev–Trinajstić information content (AvgIpc) is 2.31. The third-order valence-electron chi connectivity index (χ3n) is 2.77. The van der Waals surface area contributed by atoms with Crippen LogP contribution >= 0.6 is 6.92 Å². The highest BCUT2D eigenvalue weighted by molar-refractivity contribution is 8.38. The van der Waals surface area contributed by atoms with Gasteiger partial charge >= 0.3 is 0 Å². The van der Waals surface area contributed by atoms with Crippen molar-refractivity contribution >= 4 is 19.2 Å². The Balaban J connectivity index is 2.23. The molecule has 2 rings (SSSR count). The van der Waals surface area contributed by atoms with Crippen LogP contribution in [0.1, 0.15) is 31.0 Å². The molecule has 2 atom stereocenters. The third-order valence-corrected chi connectivity index (χ3v) is 6.64. The van der Waals surface area contributed by atoms with Crippen molar-refractivity contribution in [1.29, 1.82) is 0 Å². The van der Waals surface area contributed by atoms with Crippen molar-refractivity contribution < 1.29 is 9.05 Å². The first-order valence-electron chi connectivity index (χ1n) is 5.70. The van der Waals surface area contributed by atoms with E-state index in [0.29, 0.717) is 6.61 Å². The molecule has 1 aliphatic heterocycles. The Morgan fingerprint density at radius 3 is 2.88 bits per heavy atom. The van der Waals surface area contributed by atoms with Gasteiger partial charge in [-0.05, 0) is 25.3 Å². The van der Waals surface area contributed by atoms with Crippen LogP contribution in [-0.4, -0.2) is 13.2 Å². The van der Waals surface area contributed by atoms with Crippen molar-refractivity contribution in [3.05, 3.63) is 35.9 Å². The minimum Gasteiger partial charge on any atom is -0.492 e. The van der Waals surface area contributed by atoms with Crippen LogP contribution in [0.2, 0.25) is 0 Å². The summed E-state index contributed by atoms with van der Waals surface area (Å²) in [5, 5.41) is 0. The first kappa shape index (κ1) is 12.4. The first-order chi connectivity index (χ1) is 7.76. The molecule has 1 saturated heterocycles. The normalized spacial score (nSPS) is 30.2. The zero-order chi connectivity index (χ0) is 11.4. The molecule has 2 nitrogen and oxygen atoms in total. The van der Waals surface area contributed by atoms with Gasteiger partial charge in [-0.3, -0.25) is 0 Å². The van der Waals surface area contributed by atoms with E-state index in [0.717, 1.165) is 19.4 Å². The molecule has 1 fully saturated rings. The van der Waals surface area contributed by atoms with Gasteiger partial charge in [0.05, 0.1) is 13.2 Å². The minimum atomic E-state index is -2.11. The summed E-state index contributed by atoms with van der Waals surface area (Å²) in [7, 11) is 0. The minimum absolute atomic E-state index is 0.275. The van der Waals surface area contributed by atoms with E-state index in [4.69, 9.17) is 21.3 Å². The van der Waals surface area contributed by atoms with Crippen LogP contribution in [0.15, 0.2) is 30.3 Å². The van der Waals surface area contributed by atoms with Crippen molar-refractivity contribution in [1.82, 2.24) is 0 Å². The van der Waals surface area contributed by atoms with E-state index >= 15 is 0 Å². The van der Waals surface area contributed by atoms with Gasteiger partial charge in [-0.2, -0.15) is 0 Å². The molecular weight excluding hydrogens is 239 g/mol.